The summed E-state index contributed by atoms with van der Waals surface area (Å²) in [7, 11) is -4.10. The summed E-state index contributed by atoms with van der Waals surface area (Å²) < 4.78 is 82.1. The predicted molar refractivity (Wildman–Crippen MR) is 119 cm³/mol. The largest absolute Gasteiger partial charge is 0.352 e. The Kier molecular flexibility index (Phi) is 8.36. The van der Waals surface area contributed by atoms with Crippen molar-refractivity contribution in [1.29, 1.82) is 0 Å². The number of hydrogen-bond acceptors (Lipinski definition) is 4. The number of amides is 3. The van der Waals surface area contributed by atoms with Crippen LogP contribution >= 0.6 is 0 Å². The number of carbonyl (C=O) groups is 2. The zero-order valence-corrected chi connectivity index (χ0v) is 19.7. The van der Waals surface area contributed by atoms with Crippen LogP contribution in [0.5, 0.6) is 0 Å². The van der Waals surface area contributed by atoms with Crippen LogP contribution in [-0.4, -0.2) is 32.9 Å². The minimum absolute atomic E-state index is 0.0635. The van der Waals surface area contributed by atoms with Crippen LogP contribution in [0.2, 0.25) is 0 Å². The Morgan fingerprint density at radius 1 is 0.914 bits per heavy atom. The number of hydrogen-bond donors (Lipinski definition) is 3. The molecule has 0 saturated heterocycles. The van der Waals surface area contributed by atoms with E-state index in [9.17, 15) is 35.6 Å². The Balaban J connectivity index is 1.56. The van der Waals surface area contributed by atoms with Gasteiger partial charge in [-0.2, -0.15) is 0 Å². The SMILES string of the molecule is Cc1c(F)c(F)c(C(=O)NCCc2ccc(S(=O)(=O)NC(=O)NC3CCCCC3)cc2)c(F)c1F. The molecule has 190 valence electrons. The van der Waals surface area contributed by atoms with Crippen LogP contribution in [-0.2, 0) is 16.4 Å². The summed E-state index contributed by atoms with van der Waals surface area (Å²) in [5.74, 6) is -8.19. The van der Waals surface area contributed by atoms with Crippen molar-refractivity contribution in [2.45, 2.75) is 56.4 Å². The number of benzene rings is 2. The summed E-state index contributed by atoms with van der Waals surface area (Å²) in [5.41, 5.74) is -1.67. The van der Waals surface area contributed by atoms with Crippen LogP contribution in [0.3, 0.4) is 0 Å². The fraction of sp³-hybridized carbons (Fsp3) is 0.391. The Morgan fingerprint density at radius 2 is 1.49 bits per heavy atom. The van der Waals surface area contributed by atoms with Crippen LogP contribution in [0.25, 0.3) is 0 Å². The van der Waals surface area contributed by atoms with Gasteiger partial charge in [-0.25, -0.2) is 35.5 Å². The van der Waals surface area contributed by atoms with E-state index in [1.165, 1.54) is 24.3 Å². The molecule has 35 heavy (non-hydrogen) atoms. The molecule has 0 spiro atoms. The Hall–Kier alpha value is -3.15. The number of halogens is 4. The van der Waals surface area contributed by atoms with Crippen LogP contribution in [0.15, 0.2) is 29.2 Å². The zero-order valence-electron chi connectivity index (χ0n) is 18.9. The van der Waals surface area contributed by atoms with Crippen molar-refractivity contribution in [1.82, 2.24) is 15.4 Å². The van der Waals surface area contributed by atoms with Crippen molar-refractivity contribution in [2.24, 2.45) is 0 Å². The summed E-state index contributed by atoms with van der Waals surface area (Å²) in [6.07, 6.45) is 4.76. The van der Waals surface area contributed by atoms with E-state index in [4.69, 9.17) is 0 Å². The van der Waals surface area contributed by atoms with Crippen molar-refractivity contribution in [3.8, 4) is 0 Å². The summed E-state index contributed by atoms with van der Waals surface area (Å²) in [5, 5.41) is 4.83. The maximum Gasteiger partial charge on any atom is 0.328 e. The van der Waals surface area contributed by atoms with Gasteiger partial charge in [0.2, 0.25) is 0 Å². The third kappa shape index (κ3) is 6.30. The van der Waals surface area contributed by atoms with Crippen LogP contribution in [0, 0.1) is 30.2 Å². The van der Waals surface area contributed by atoms with Crippen LogP contribution in [0.4, 0.5) is 22.4 Å². The number of nitrogens with one attached hydrogen (secondary N) is 3. The smallest absolute Gasteiger partial charge is 0.328 e. The van der Waals surface area contributed by atoms with Crippen molar-refractivity contribution >= 4 is 22.0 Å². The summed E-state index contributed by atoms with van der Waals surface area (Å²) >= 11 is 0. The molecule has 0 radical (unpaired) electrons. The molecule has 1 aliphatic rings. The highest BCUT2D eigenvalue weighted by Gasteiger charge is 2.27. The molecule has 0 unspecified atom stereocenters. The van der Waals surface area contributed by atoms with Gasteiger partial charge < -0.3 is 10.6 Å². The standard InChI is InChI=1S/C23H25F4N3O4S/c1-13-18(24)20(26)17(21(27)19(13)25)22(31)28-12-11-14-7-9-16(10-8-14)35(33,34)30-23(32)29-15-5-3-2-4-6-15/h7-10,15H,2-6,11-12H2,1H3,(H,28,31)(H2,29,30,32). The molecule has 12 heteroatoms. The molecule has 0 aliphatic heterocycles. The first-order valence-corrected chi connectivity index (χ1v) is 12.5. The van der Waals surface area contributed by atoms with Gasteiger partial charge in [-0.3, -0.25) is 4.79 Å². The number of rotatable bonds is 7. The van der Waals surface area contributed by atoms with Crippen LogP contribution in [0.1, 0.15) is 53.6 Å². The third-order valence-corrected chi connectivity index (χ3v) is 7.16. The van der Waals surface area contributed by atoms with E-state index in [1.54, 1.807) is 0 Å². The molecule has 1 saturated carbocycles. The van der Waals surface area contributed by atoms with Crippen molar-refractivity contribution in [3.63, 3.8) is 0 Å². The van der Waals surface area contributed by atoms with Crippen molar-refractivity contribution < 1.29 is 35.6 Å². The molecular weight excluding hydrogens is 490 g/mol. The summed E-state index contributed by atoms with van der Waals surface area (Å²) in [6, 6.07) is 4.53. The second kappa shape index (κ2) is 11.1. The first-order valence-electron chi connectivity index (χ1n) is 11.0. The molecule has 1 aliphatic carbocycles. The Labute approximate surface area is 200 Å². The van der Waals surface area contributed by atoms with Crippen LogP contribution < -0.4 is 15.4 Å². The average Bonchev–Trinajstić information content (AvgIpc) is 2.82. The van der Waals surface area contributed by atoms with E-state index in [1.807, 2.05) is 4.72 Å². The predicted octanol–water partition coefficient (Wildman–Crippen LogP) is 3.84. The highest BCUT2D eigenvalue weighted by Crippen LogP contribution is 2.23. The second-order valence-corrected chi connectivity index (χ2v) is 10.0. The monoisotopic (exact) mass is 515 g/mol. The summed E-state index contributed by atoms with van der Waals surface area (Å²) in [6.45, 7) is 0.698. The van der Waals surface area contributed by atoms with Gasteiger partial charge in [0.1, 0.15) is 5.56 Å². The molecule has 3 amide bonds. The maximum atomic E-state index is 13.9. The average molecular weight is 516 g/mol. The van der Waals surface area contributed by atoms with Gasteiger partial charge in [0, 0.05) is 18.2 Å². The number of sulfonamides is 1. The molecule has 2 aromatic rings. The van der Waals surface area contributed by atoms with E-state index < -0.39 is 56.4 Å². The lowest BCUT2D eigenvalue weighted by molar-refractivity contribution is 0.0943. The van der Waals surface area contributed by atoms with Gasteiger partial charge in [0.05, 0.1) is 4.90 Å². The third-order valence-electron chi connectivity index (χ3n) is 5.81. The van der Waals surface area contributed by atoms with E-state index in [-0.39, 0.29) is 23.9 Å². The molecule has 3 rings (SSSR count). The highest BCUT2D eigenvalue weighted by atomic mass is 32.2. The quantitative estimate of drug-likeness (QED) is 0.385. The topological polar surface area (TPSA) is 104 Å². The Morgan fingerprint density at radius 3 is 2.06 bits per heavy atom. The fourth-order valence-electron chi connectivity index (χ4n) is 3.83. The van der Waals surface area contributed by atoms with E-state index in [0.717, 1.165) is 39.0 Å². The highest BCUT2D eigenvalue weighted by molar-refractivity contribution is 7.90. The van der Waals surface area contributed by atoms with Gasteiger partial charge >= 0.3 is 6.03 Å². The molecule has 3 N–H and O–H groups in total. The second-order valence-electron chi connectivity index (χ2n) is 8.32. The molecule has 2 aromatic carbocycles. The number of carbonyl (C=O) groups excluding carboxylic acids is 2. The first-order chi connectivity index (χ1) is 16.5. The lowest BCUT2D eigenvalue weighted by Crippen LogP contribution is -2.45. The summed E-state index contributed by atoms with van der Waals surface area (Å²) in [4.78, 5) is 24.0. The minimum Gasteiger partial charge on any atom is -0.352 e. The van der Waals surface area contributed by atoms with Gasteiger partial charge in [-0.1, -0.05) is 31.4 Å². The number of urea groups is 1. The van der Waals surface area contributed by atoms with E-state index in [2.05, 4.69) is 10.6 Å². The minimum atomic E-state index is -4.10. The van der Waals surface area contributed by atoms with Gasteiger partial charge in [-0.05, 0) is 43.9 Å². The first kappa shape index (κ1) is 26.5. The van der Waals surface area contributed by atoms with E-state index in [0.29, 0.717) is 5.56 Å². The lowest BCUT2D eigenvalue weighted by atomic mass is 9.96. The maximum absolute atomic E-state index is 13.9. The molecule has 0 bridgehead atoms. The normalized spacial score (nSPS) is 14.4. The van der Waals surface area contributed by atoms with Gasteiger partial charge in [0.15, 0.2) is 23.3 Å². The van der Waals surface area contributed by atoms with Crippen molar-refractivity contribution in [2.75, 3.05) is 6.54 Å². The van der Waals surface area contributed by atoms with Crippen molar-refractivity contribution in [3.05, 3.63) is 64.2 Å². The molecule has 0 heterocycles. The Bertz CT molecular complexity index is 1190. The lowest BCUT2D eigenvalue weighted by Gasteiger charge is -2.22. The molecule has 0 atom stereocenters. The van der Waals surface area contributed by atoms with E-state index >= 15 is 0 Å². The molecular formula is C23H25F4N3O4S. The molecule has 7 nitrogen and oxygen atoms in total. The fourth-order valence-corrected chi connectivity index (χ4v) is 4.74. The molecule has 1 fully saturated rings. The zero-order chi connectivity index (χ0) is 25.8. The molecule has 0 aromatic heterocycles. The van der Waals surface area contributed by atoms with Gasteiger partial charge in [0.25, 0.3) is 15.9 Å². The van der Waals surface area contributed by atoms with Gasteiger partial charge in [-0.15, -0.1) is 0 Å².